The molecule has 4 aromatic carbocycles. The van der Waals surface area contributed by atoms with E-state index in [1.807, 2.05) is 0 Å². The van der Waals surface area contributed by atoms with Crippen LogP contribution in [0, 0.1) is 6.92 Å². The molecule has 0 heteroatoms. The maximum atomic E-state index is 2.23. The SMILES string of the molecule is Cc1cccc(-c2ccc(-c3cccc4ccccc34)cc2)c1. The average molecular weight is 294 g/mol. The first-order valence-corrected chi connectivity index (χ1v) is 7.96. The summed E-state index contributed by atoms with van der Waals surface area (Å²) in [6.07, 6.45) is 0. The van der Waals surface area contributed by atoms with Crippen molar-refractivity contribution in [1.82, 2.24) is 0 Å². The molecule has 0 nitrogen and oxygen atoms in total. The van der Waals surface area contributed by atoms with Crippen molar-refractivity contribution < 1.29 is 0 Å². The lowest BCUT2D eigenvalue weighted by Crippen LogP contribution is -1.83. The van der Waals surface area contributed by atoms with Crippen LogP contribution in [0.2, 0.25) is 0 Å². The summed E-state index contributed by atoms with van der Waals surface area (Å²) in [7, 11) is 0. The molecule has 0 fully saturated rings. The predicted octanol–water partition coefficient (Wildman–Crippen LogP) is 6.48. The van der Waals surface area contributed by atoms with E-state index in [-0.39, 0.29) is 0 Å². The van der Waals surface area contributed by atoms with Gasteiger partial charge in [0, 0.05) is 0 Å². The first-order chi connectivity index (χ1) is 11.3. The monoisotopic (exact) mass is 294 g/mol. The van der Waals surface area contributed by atoms with Crippen molar-refractivity contribution in [1.29, 1.82) is 0 Å². The maximum absolute atomic E-state index is 2.23. The summed E-state index contributed by atoms with van der Waals surface area (Å²) in [5.41, 5.74) is 6.38. The normalized spacial score (nSPS) is 10.8. The van der Waals surface area contributed by atoms with Crippen molar-refractivity contribution in [3.8, 4) is 22.3 Å². The Hall–Kier alpha value is -2.86. The van der Waals surface area contributed by atoms with Gasteiger partial charge >= 0.3 is 0 Å². The highest BCUT2D eigenvalue weighted by Crippen LogP contribution is 2.30. The predicted molar refractivity (Wildman–Crippen MR) is 99.6 cm³/mol. The largest absolute Gasteiger partial charge is 0.0616 e. The fourth-order valence-electron chi connectivity index (χ4n) is 3.14. The molecule has 0 radical (unpaired) electrons. The average Bonchev–Trinajstić information content (AvgIpc) is 2.61. The fourth-order valence-corrected chi connectivity index (χ4v) is 3.14. The van der Waals surface area contributed by atoms with Crippen LogP contribution < -0.4 is 0 Å². The lowest BCUT2D eigenvalue weighted by atomic mass is 9.96. The third-order valence-corrected chi connectivity index (χ3v) is 4.34. The molecule has 4 rings (SSSR count). The van der Waals surface area contributed by atoms with Crippen molar-refractivity contribution in [3.05, 3.63) is 96.6 Å². The molecule has 0 amide bonds. The summed E-state index contributed by atoms with van der Waals surface area (Å²) >= 11 is 0. The zero-order chi connectivity index (χ0) is 15.6. The van der Waals surface area contributed by atoms with Gasteiger partial charge in [0.25, 0.3) is 0 Å². The van der Waals surface area contributed by atoms with Gasteiger partial charge in [-0.3, -0.25) is 0 Å². The van der Waals surface area contributed by atoms with E-state index in [0.717, 1.165) is 0 Å². The Kier molecular flexibility index (Phi) is 3.44. The van der Waals surface area contributed by atoms with E-state index in [1.54, 1.807) is 0 Å². The second-order valence-electron chi connectivity index (χ2n) is 5.97. The fraction of sp³-hybridized carbons (Fsp3) is 0.0435. The van der Waals surface area contributed by atoms with Crippen LogP contribution in [-0.4, -0.2) is 0 Å². The van der Waals surface area contributed by atoms with Gasteiger partial charge in [-0.15, -0.1) is 0 Å². The number of rotatable bonds is 2. The molecular weight excluding hydrogens is 276 g/mol. The van der Waals surface area contributed by atoms with Gasteiger partial charge in [0.2, 0.25) is 0 Å². The summed E-state index contributed by atoms with van der Waals surface area (Å²) in [4.78, 5) is 0. The Morgan fingerprint density at radius 1 is 0.522 bits per heavy atom. The Labute approximate surface area is 137 Å². The Balaban J connectivity index is 1.78. The zero-order valence-corrected chi connectivity index (χ0v) is 13.2. The molecule has 0 bridgehead atoms. The number of hydrogen-bond acceptors (Lipinski definition) is 0. The minimum Gasteiger partial charge on any atom is -0.0616 e. The van der Waals surface area contributed by atoms with Gasteiger partial charge in [-0.2, -0.15) is 0 Å². The number of hydrogen-bond donors (Lipinski definition) is 0. The third kappa shape index (κ3) is 2.64. The molecule has 23 heavy (non-hydrogen) atoms. The van der Waals surface area contributed by atoms with Crippen LogP contribution in [-0.2, 0) is 0 Å². The Morgan fingerprint density at radius 3 is 2.04 bits per heavy atom. The van der Waals surface area contributed by atoms with Crippen LogP contribution in [0.4, 0.5) is 0 Å². The van der Waals surface area contributed by atoms with Crippen LogP contribution >= 0.6 is 0 Å². The van der Waals surface area contributed by atoms with E-state index >= 15 is 0 Å². The molecule has 0 aliphatic heterocycles. The van der Waals surface area contributed by atoms with Gasteiger partial charge < -0.3 is 0 Å². The van der Waals surface area contributed by atoms with E-state index in [1.165, 1.54) is 38.6 Å². The van der Waals surface area contributed by atoms with E-state index in [2.05, 4.69) is 97.9 Å². The van der Waals surface area contributed by atoms with Crippen molar-refractivity contribution >= 4 is 10.8 Å². The molecular formula is C23H18. The second-order valence-corrected chi connectivity index (χ2v) is 5.97. The number of benzene rings is 4. The Morgan fingerprint density at radius 2 is 1.22 bits per heavy atom. The lowest BCUT2D eigenvalue weighted by molar-refractivity contribution is 1.47. The lowest BCUT2D eigenvalue weighted by Gasteiger charge is -2.08. The standard InChI is InChI=1S/C23H18/c1-17-6-4-9-21(16-17)18-12-14-20(15-13-18)23-11-5-8-19-7-2-3-10-22(19)23/h2-16H,1H3. The van der Waals surface area contributed by atoms with Gasteiger partial charge in [0.1, 0.15) is 0 Å². The van der Waals surface area contributed by atoms with Crippen molar-refractivity contribution in [2.45, 2.75) is 6.92 Å². The summed E-state index contributed by atoms with van der Waals surface area (Å²) in [5, 5.41) is 2.59. The van der Waals surface area contributed by atoms with Crippen molar-refractivity contribution in [2.75, 3.05) is 0 Å². The summed E-state index contributed by atoms with van der Waals surface area (Å²) in [6.45, 7) is 2.13. The molecule has 0 heterocycles. The smallest absolute Gasteiger partial charge is 0.0105 e. The zero-order valence-electron chi connectivity index (χ0n) is 13.2. The van der Waals surface area contributed by atoms with Gasteiger partial charge in [-0.1, -0.05) is 96.6 Å². The molecule has 0 spiro atoms. The molecule has 0 aliphatic rings. The van der Waals surface area contributed by atoms with Crippen molar-refractivity contribution in [3.63, 3.8) is 0 Å². The van der Waals surface area contributed by atoms with Crippen molar-refractivity contribution in [2.24, 2.45) is 0 Å². The van der Waals surface area contributed by atoms with Crippen LogP contribution in [0.3, 0.4) is 0 Å². The molecule has 110 valence electrons. The van der Waals surface area contributed by atoms with Crippen LogP contribution in [0.15, 0.2) is 91.0 Å². The minimum absolute atomic E-state index is 1.26. The van der Waals surface area contributed by atoms with Crippen LogP contribution in [0.25, 0.3) is 33.0 Å². The molecule has 0 aromatic heterocycles. The first-order valence-electron chi connectivity index (χ1n) is 7.96. The number of aryl methyl sites for hydroxylation is 1. The van der Waals surface area contributed by atoms with Crippen LogP contribution in [0.5, 0.6) is 0 Å². The van der Waals surface area contributed by atoms with E-state index in [0.29, 0.717) is 0 Å². The van der Waals surface area contributed by atoms with E-state index < -0.39 is 0 Å². The van der Waals surface area contributed by atoms with Crippen LogP contribution in [0.1, 0.15) is 5.56 Å². The molecule has 0 unspecified atom stereocenters. The first kappa shape index (κ1) is 13.8. The third-order valence-electron chi connectivity index (χ3n) is 4.34. The highest BCUT2D eigenvalue weighted by molar-refractivity contribution is 5.96. The number of fused-ring (bicyclic) bond motifs is 1. The van der Waals surface area contributed by atoms with Gasteiger partial charge in [-0.25, -0.2) is 0 Å². The quantitative estimate of drug-likeness (QED) is 0.397. The minimum atomic E-state index is 1.26. The molecule has 0 N–H and O–H groups in total. The molecule has 0 aliphatic carbocycles. The molecule has 4 aromatic rings. The van der Waals surface area contributed by atoms with E-state index in [9.17, 15) is 0 Å². The molecule has 0 atom stereocenters. The maximum Gasteiger partial charge on any atom is -0.0105 e. The Bertz CT molecular complexity index is 957. The highest BCUT2D eigenvalue weighted by atomic mass is 14.1. The summed E-state index contributed by atoms with van der Waals surface area (Å²) in [6, 6.07) is 32.6. The highest BCUT2D eigenvalue weighted by Gasteiger charge is 2.04. The summed E-state index contributed by atoms with van der Waals surface area (Å²) < 4.78 is 0. The van der Waals surface area contributed by atoms with E-state index in [4.69, 9.17) is 0 Å². The topological polar surface area (TPSA) is 0 Å². The molecule has 0 saturated heterocycles. The second kappa shape index (κ2) is 5.73. The van der Waals surface area contributed by atoms with Gasteiger partial charge in [0.05, 0.1) is 0 Å². The molecule has 0 saturated carbocycles. The summed E-state index contributed by atoms with van der Waals surface area (Å²) in [5.74, 6) is 0. The van der Waals surface area contributed by atoms with Gasteiger partial charge in [0.15, 0.2) is 0 Å². The van der Waals surface area contributed by atoms with Gasteiger partial charge in [-0.05, 0) is 39.9 Å².